The van der Waals surface area contributed by atoms with Crippen LogP contribution in [0.15, 0.2) is 42.5 Å². The van der Waals surface area contributed by atoms with Crippen LogP contribution in [-0.4, -0.2) is 51.9 Å². The van der Waals surface area contributed by atoms with E-state index < -0.39 is 8.07 Å². The number of ether oxygens (including phenoxy) is 1. The summed E-state index contributed by atoms with van der Waals surface area (Å²) in [6, 6.07) is 9.08. The first kappa shape index (κ1) is 21.3. The van der Waals surface area contributed by atoms with Gasteiger partial charge in [-0.15, -0.1) is 0 Å². The van der Waals surface area contributed by atoms with Crippen molar-refractivity contribution in [2.45, 2.75) is 19.6 Å². The second-order valence-corrected chi connectivity index (χ2v) is 12.7. The molecule has 0 unspecified atom stereocenters. The minimum atomic E-state index is -1.07. The van der Waals surface area contributed by atoms with Crippen LogP contribution in [0.5, 0.6) is 0 Å². The quantitative estimate of drug-likeness (QED) is 0.204. The molecule has 0 bridgehead atoms. The highest BCUT2D eigenvalue weighted by atomic mass is 127. The van der Waals surface area contributed by atoms with Crippen LogP contribution in [0.25, 0.3) is 0 Å². The highest BCUT2D eigenvalue weighted by molar-refractivity contribution is 6.75. The SMILES string of the molecule is C[N+](C)(C/C=C/COC(=O)c1ccccc1)C[Si](C)(C)C.[I-]. The van der Waals surface area contributed by atoms with Crippen molar-refractivity contribution < 1.29 is 38.0 Å². The van der Waals surface area contributed by atoms with E-state index in [1.165, 1.54) is 6.17 Å². The van der Waals surface area contributed by atoms with Gasteiger partial charge in [0.25, 0.3) is 0 Å². The normalized spacial score (nSPS) is 12.0. The van der Waals surface area contributed by atoms with E-state index in [4.69, 9.17) is 4.74 Å². The van der Waals surface area contributed by atoms with Gasteiger partial charge < -0.3 is 33.2 Å². The number of carbonyl (C=O) groups is 1. The van der Waals surface area contributed by atoms with Crippen LogP contribution < -0.4 is 24.0 Å². The van der Waals surface area contributed by atoms with Gasteiger partial charge in [0.05, 0.1) is 32.4 Å². The number of hydrogen-bond acceptors (Lipinski definition) is 2. The van der Waals surface area contributed by atoms with Crippen molar-refractivity contribution in [3.8, 4) is 0 Å². The second kappa shape index (κ2) is 9.47. The fraction of sp³-hybridized carbons (Fsp3) is 0.471. The molecule has 0 saturated heterocycles. The first-order valence-electron chi connectivity index (χ1n) is 7.39. The lowest BCUT2D eigenvalue weighted by Gasteiger charge is -2.34. The van der Waals surface area contributed by atoms with Crippen molar-refractivity contribution in [1.82, 2.24) is 0 Å². The number of nitrogens with zero attached hydrogens (tertiary/aromatic N) is 1. The molecule has 0 aliphatic rings. The molecule has 1 aromatic rings. The Morgan fingerprint density at radius 3 is 2.27 bits per heavy atom. The molecule has 0 atom stereocenters. The fourth-order valence-electron chi connectivity index (χ4n) is 2.56. The summed E-state index contributed by atoms with van der Waals surface area (Å²) in [5.74, 6) is -0.268. The van der Waals surface area contributed by atoms with Gasteiger partial charge >= 0.3 is 5.97 Å². The van der Waals surface area contributed by atoms with E-state index >= 15 is 0 Å². The van der Waals surface area contributed by atoms with Gasteiger partial charge in [-0.1, -0.05) is 37.8 Å². The monoisotopic (exact) mass is 433 g/mol. The van der Waals surface area contributed by atoms with E-state index in [1.807, 2.05) is 24.3 Å². The van der Waals surface area contributed by atoms with Crippen molar-refractivity contribution in [1.29, 1.82) is 0 Å². The number of halogens is 1. The maximum atomic E-state index is 11.7. The molecule has 0 aromatic heterocycles. The molecule has 0 amide bonds. The zero-order chi connectivity index (χ0) is 15.9. The second-order valence-electron chi connectivity index (χ2n) is 7.27. The van der Waals surface area contributed by atoms with Crippen LogP contribution >= 0.6 is 0 Å². The fourth-order valence-corrected chi connectivity index (χ4v) is 5.26. The zero-order valence-electron chi connectivity index (χ0n) is 14.3. The first-order chi connectivity index (χ1) is 9.70. The Labute approximate surface area is 153 Å². The Hall–Kier alpha value is -0.663. The molecule has 22 heavy (non-hydrogen) atoms. The van der Waals surface area contributed by atoms with Crippen molar-refractivity contribution in [3.05, 3.63) is 48.0 Å². The summed E-state index contributed by atoms with van der Waals surface area (Å²) in [5.41, 5.74) is 0.598. The third kappa shape index (κ3) is 9.37. The van der Waals surface area contributed by atoms with E-state index in [2.05, 4.69) is 39.8 Å². The molecule has 124 valence electrons. The van der Waals surface area contributed by atoms with E-state index in [9.17, 15) is 4.79 Å². The molecule has 0 aliphatic heterocycles. The maximum absolute atomic E-state index is 11.7. The Morgan fingerprint density at radius 2 is 1.73 bits per heavy atom. The number of hydrogen-bond donors (Lipinski definition) is 0. The van der Waals surface area contributed by atoms with Crippen molar-refractivity contribution in [2.75, 3.05) is 33.4 Å². The average molecular weight is 433 g/mol. The molecular formula is C17H28INO2Si. The zero-order valence-corrected chi connectivity index (χ0v) is 17.5. The van der Waals surface area contributed by atoms with Crippen LogP contribution in [0.3, 0.4) is 0 Å². The molecule has 3 nitrogen and oxygen atoms in total. The number of esters is 1. The molecule has 1 aromatic carbocycles. The van der Waals surface area contributed by atoms with E-state index in [1.54, 1.807) is 12.1 Å². The van der Waals surface area contributed by atoms with E-state index in [-0.39, 0.29) is 29.9 Å². The van der Waals surface area contributed by atoms with E-state index in [0.717, 1.165) is 11.0 Å². The summed E-state index contributed by atoms with van der Waals surface area (Å²) in [4.78, 5) is 11.7. The summed E-state index contributed by atoms with van der Waals surface area (Å²) in [7, 11) is 3.43. The summed E-state index contributed by atoms with van der Waals surface area (Å²) >= 11 is 0. The summed E-state index contributed by atoms with van der Waals surface area (Å²) in [5, 5.41) is 0. The van der Waals surface area contributed by atoms with Gasteiger partial charge in [0.2, 0.25) is 0 Å². The Kier molecular flexibility index (Phi) is 9.18. The predicted molar refractivity (Wildman–Crippen MR) is 91.1 cm³/mol. The smallest absolute Gasteiger partial charge is 0.338 e. The van der Waals surface area contributed by atoms with Crippen molar-refractivity contribution in [2.24, 2.45) is 0 Å². The lowest BCUT2D eigenvalue weighted by molar-refractivity contribution is -0.874. The summed E-state index contributed by atoms with van der Waals surface area (Å²) in [6.07, 6.45) is 5.28. The van der Waals surface area contributed by atoms with Crippen molar-refractivity contribution in [3.63, 3.8) is 0 Å². The van der Waals surface area contributed by atoms with Crippen LogP contribution in [-0.2, 0) is 4.74 Å². The van der Waals surface area contributed by atoms with Crippen molar-refractivity contribution >= 4 is 14.0 Å². The summed E-state index contributed by atoms with van der Waals surface area (Å²) in [6.45, 7) is 8.46. The number of benzene rings is 1. The highest BCUT2D eigenvalue weighted by Gasteiger charge is 2.25. The third-order valence-corrected chi connectivity index (χ3v) is 4.79. The molecule has 5 heteroatoms. The lowest BCUT2D eigenvalue weighted by atomic mass is 10.2. The Morgan fingerprint density at radius 1 is 1.14 bits per heavy atom. The first-order valence-corrected chi connectivity index (χ1v) is 11.1. The lowest BCUT2D eigenvalue weighted by Crippen LogP contribution is -3.00. The Balaban J connectivity index is 0.00000441. The molecule has 0 spiro atoms. The number of likely N-dealkylation sites (N-methyl/N-ethyl adjacent to an activating group) is 1. The molecule has 0 saturated carbocycles. The van der Waals surface area contributed by atoms with Crippen LogP contribution in [0.4, 0.5) is 0 Å². The standard InChI is InChI=1S/C17H28NO2Si.HI/c1-18(2,15-21(3,4)5)13-9-10-14-20-17(19)16-11-7-6-8-12-16;/h6-12H,13-15H2,1-5H3;1H/q+1;/p-1/b10-9+;. The maximum Gasteiger partial charge on any atom is 0.338 e. The topological polar surface area (TPSA) is 26.3 Å². The molecule has 1 rings (SSSR count). The third-order valence-electron chi connectivity index (χ3n) is 2.99. The largest absolute Gasteiger partial charge is 1.00 e. The molecular weight excluding hydrogens is 405 g/mol. The number of quaternary nitrogens is 1. The molecule has 0 N–H and O–H groups in total. The van der Waals surface area contributed by atoms with Gasteiger partial charge in [-0.2, -0.15) is 0 Å². The summed E-state index contributed by atoms with van der Waals surface area (Å²) < 4.78 is 6.20. The van der Waals surface area contributed by atoms with E-state index in [0.29, 0.717) is 12.2 Å². The van der Waals surface area contributed by atoms with Gasteiger partial charge in [-0.3, -0.25) is 0 Å². The molecule has 0 aliphatic carbocycles. The minimum Gasteiger partial charge on any atom is -1.00 e. The molecule has 0 fully saturated rings. The number of carbonyl (C=O) groups excluding carboxylic acids is 1. The molecule has 0 heterocycles. The highest BCUT2D eigenvalue weighted by Crippen LogP contribution is 2.08. The molecule has 0 radical (unpaired) electrons. The minimum absolute atomic E-state index is 0. The Bertz CT molecular complexity index is 481. The van der Waals surface area contributed by atoms with Gasteiger partial charge in [0, 0.05) is 0 Å². The van der Waals surface area contributed by atoms with Gasteiger partial charge in [0.1, 0.15) is 14.7 Å². The van der Waals surface area contributed by atoms with Gasteiger partial charge in [-0.25, -0.2) is 4.79 Å². The van der Waals surface area contributed by atoms with Crippen LogP contribution in [0, 0.1) is 0 Å². The van der Waals surface area contributed by atoms with Gasteiger partial charge in [0.15, 0.2) is 0 Å². The van der Waals surface area contributed by atoms with Crippen LogP contribution in [0.2, 0.25) is 19.6 Å². The van der Waals surface area contributed by atoms with Crippen LogP contribution in [0.1, 0.15) is 10.4 Å². The average Bonchev–Trinajstić information content (AvgIpc) is 2.36. The number of rotatable bonds is 7. The predicted octanol–water partition coefficient (Wildman–Crippen LogP) is 0.357. The van der Waals surface area contributed by atoms with Gasteiger partial charge in [-0.05, 0) is 24.3 Å².